The molecule has 0 aliphatic heterocycles. The fraction of sp³-hybridized carbons (Fsp3) is 0.375. The first-order chi connectivity index (χ1) is 19.2. The number of ether oxygens (including phenoxy) is 3. The Kier molecular flexibility index (Phi) is 11.5. The molecule has 1 amide bonds. The predicted molar refractivity (Wildman–Crippen MR) is 159 cm³/mol. The molecule has 3 aromatic carbocycles. The van der Waals surface area contributed by atoms with E-state index >= 15 is 0 Å². The lowest BCUT2D eigenvalue weighted by Crippen LogP contribution is -2.66. The van der Waals surface area contributed by atoms with E-state index in [9.17, 15) is 9.59 Å². The van der Waals surface area contributed by atoms with Gasteiger partial charge < -0.3 is 18.6 Å². The van der Waals surface area contributed by atoms with E-state index in [4.69, 9.17) is 18.6 Å². The van der Waals surface area contributed by atoms with Crippen molar-refractivity contribution >= 4 is 30.8 Å². The number of carbonyl (C=O) groups excluding carboxylic acids is 2. The molecule has 0 saturated carbocycles. The molecule has 3 rings (SSSR count). The number of rotatable bonds is 13. The van der Waals surface area contributed by atoms with Gasteiger partial charge in [0.1, 0.15) is 12.7 Å². The van der Waals surface area contributed by atoms with Crippen LogP contribution in [0.4, 0.5) is 4.79 Å². The molecule has 7 nitrogen and oxygen atoms in total. The Balaban J connectivity index is 1.81. The van der Waals surface area contributed by atoms with E-state index in [1.807, 2.05) is 73.7 Å². The zero-order chi connectivity index (χ0) is 29.0. The van der Waals surface area contributed by atoms with E-state index in [-0.39, 0.29) is 18.3 Å². The maximum absolute atomic E-state index is 12.6. The van der Waals surface area contributed by atoms with Gasteiger partial charge in [0.15, 0.2) is 6.23 Å². The molecule has 0 radical (unpaired) electrons. The van der Waals surface area contributed by atoms with Crippen LogP contribution in [0.1, 0.15) is 46.6 Å². The topological polar surface area (TPSA) is 83.1 Å². The van der Waals surface area contributed by atoms with Crippen molar-refractivity contribution in [1.29, 1.82) is 0 Å². The molecule has 0 saturated heterocycles. The number of carbonyl (C=O) groups is 2. The maximum Gasteiger partial charge on any atom is 0.409 e. The molecule has 0 aliphatic carbocycles. The summed E-state index contributed by atoms with van der Waals surface area (Å²) < 4.78 is 23.8. The monoisotopic (exact) mass is 563 g/mol. The number of amides is 1. The number of nitrogens with one attached hydrogen (secondary N) is 1. The number of benzene rings is 3. The van der Waals surface area contributed by atoms with Crippen molar-refractivity contribution in [2.45, 2.75) is 65.0 Å². The highest BCUT2D eigenvalue weighted by molar-refractivity contribution is 6.99. The second-order valence-electron chi connectivity index (χ2n) is 10.5. The van der Waals surface area contributed by atoms with Gasteiger partial charge in [0.05, 0.1) is 0 Å². The second-order valence-corrected chi connectivity index (χ2v) is 14.8. The van der Waals surface area contributed by atoms with E-state index in [1.54, 1.807) is 0 Å². The minimum atomic E-state index is -2.78. The van der Waals surface area contributed by atoms with Gasteiger partial charge in [0.2, 0.25) is 0 Å². The zero-order valence-corrected chi connectivity index (χ0v) is 25.1. The molecule has 8 heteroatoms. The standard InChI is InChI=1S/C32H41NO6Si/c1-6-36-30(33-31(35)37-24-26-16-10-7-11-17-26)29(39-25(2)34)22-23-38-40(32(3,4)5,27-18-12-8-13-19-27)28-20-14-9-15-21-28/h7-21,29-30H,6,22-24H2,1-5H3,(H,33,35). The summed E-state index contributed by atoms with van der Waals surface area (Å²) in [5.41, 5.74) is 0.862. The van der Waals surface area contributed by atoms with Gasteiger partial charge >= 0.3 is 12.1 Å². The minimum Gasteiger partial charge on any atom is -0.458 e. The molecular weight excluding hydrogens is 522 g/mol. The second kappa shape index (κ2) is 14.8. The Morgan fingerprint density at radius 2 is 1.38 bits per heavy atom. The fourth-order valence-corrected chi connectivity index (χ4v) is 9.46. The van der Waals surface area contributed by atoms with Crippen molar-refractivity contribution in [1.82, 2.24) is 5.32 Å². The van der Waals surface area contributed by atoms with Crippen molar-refractivity contribution in [3.63, 3.8) is 0 Å². The van der Waals surface area contributed by atoms with Crippen molar-refractivity contribution in [2.24, 2.45) is 0 Å². The molecule has 0 spiro atoms. The first-order valence-electron chi connectivity index (χ1n) is 13.7. The molecule has 2 atom stereocenters. The van der Waals surface area contributed by atoms with Gasteiger partial charge in [-0.05, 0) is 27.9 Å². The van der Waals surface area contributed by atoms with Gasteiger partial charge in [-0.3, -0.25) is 10.1 Å². The Hall–Kier alpha value is -3.46. The Morgan fingerprint density at radius 1 is 0.850 bits per heavy atom. The van der Waals surface area contributed by atoms with Crippen molar-refractivity contribution in [3.05, 3.63) is 96.6 Å². The summed E-state index contributed by atoms with van der Waals surface area (Å²) in [6.07, 6.45) is -2.03. The summed E-state index contributed by atoms with van der Waals surface area (Å²) >= 11 is 0. The number of hydrogen-bond acceptors (Lipinski definition) is 6. The van der Waals surface area contributed by atoms with Gasteiger partial charge in [-0.15, -0.1) is 0 Å². The average molecular weight is 564 g/mol. The van der Waals surface area contributed by atoms with Crippen LogP contribution in [0, 0.1) is 0 Å². The van der Waals surface area contributed by atoms with Crippen molar-refractivity contribution in [2.75, 3.05) is 13.2 Å². The summed E-state index contributed by atoms with van der Waals surface area (Å²) in [4.78, 5) is 24.7. The van der Waals surface area contributed by atoms with Crippen molar-refractivity contribution in [3.8, 4) is 0 Å². The van der Waals surface area contributed by atoms with Crippen LogP contribution in [-0.4, -0.2) is 45.9 Å². The van der Waals surface area contributed by atoms with Crippen LogP contribution in [0.3, 0.4) is 0 Å². The van der Waals surface area contributed by atoms with Crippen LogP contribution in [-0.2, 0) is 30.0 Å². The van der Waals surface area contributed by atoms with Crippen LogP contribution in [0.15, 0.2) is 91.0 Å². The molecule has 0 aliphatic rings. The molecule has 0 bridgehead atoms. The molecule has 40 heavy (non-hydrogen) atoms. The predicted octanol–water partition coefficient (Wildman–Crippen LogP) is 5.17. The van der Waals surface area contributed by atoms with Crippen LogP contribution in [0.5, 0.6) is 0 Å². The Labute approximate surface area is 238 Å². The zero-order valence-electron chi connectivity index (χ0n) is 24.1. The van der Waals surface area contributed by atoms with Crippen LogP contribution in [0.2, 0.25) is 5.04 Å². The van der Waals surface area contributed by atoms with Crippen molar-refractivity contribution < 1.29 is 28.2 Å². The normalized spacial score (nSPS) is 13.2. The Morgan fingerprint density at radius 3 is 1.85 bits per heavy atom. The van der Waals surface area contributed by atoms with Crippen LogP contribution < -0.4 is 15.7 Å². The van der Waals surface area contributed by atoms with E-state index in [2.05, 4.69) is 50.4 Å². The van der Waals surface area contributed by atoms with Gasteiger partial charge in [0.25, 0.3) is 8.32 Å². The first kappa shape index (κ1) is 31.1. The first-order valence-corrected chi connectivity index (χ1v) is 15.6. The third-order valence-electron chi connectivity index (χ3n) is 6.61. The third kappa shape index (κ3) is 8.27. The number of alkyl carbamates (subject to hydrolysis) is 1. The summed E-state index contributed by atoms with van der Waals surface area (Å²) in [7, 11) is -2.78. The van der Waals surface area contributed by atoms with Crippen LogP contribution >= 0.6 is 0 Å². The van der Waals surface area contributed by atoms with E-state index in [0.29, 0.717) is 13.0 Å². The SMILES string of the molecule is CCOC(NC(=O)OCc1ccccc1)C(CCO[Si](c1ccccc1)(c1ccccc1)C(C)(C)C)OC(C)=O. The van der Waals surface area contributed by atoms with Gasteiger partial charge in [-0.1, -0.05) is 112 Å². The van der Waals surface area contributed by atoms with Gasteiger partial charge in [-0.2, -0.15) is 0 Å². The quantitative estimate of drug-likeness (QED) is 0.175. The molecule has 3 aromatic rings. The molecule has 0 heterocycles. The largest absolute Gasteiger partial charge is 0.458 e. The highest BCUT2D eigenvalue weighted by Gasteiger charge is 2.50. The molecule has 214 valence electrons. The third-order valence-corrected chi connectivity index (χ3v) is 11.7. The lowest BCUT2D eigenvalue weighted by Gasteiger charge is -2.43. The van der Waals surface area contributed by atoms with E-state index in [1.165, 1.54) is 6.92 Å². The van der Waals surface area contributed by atoms with Gasteiger partial charge in [0, 0.05) is 26.6 Å². The summed E-state index contributed by atoms with van der Waals surface area (Å²) in [6.45, 7) is 10.5. The van der Waals surface area contributed by atoms with E-state index in [0.717, 1.165) is 15.9 Å². The summed E-state index contributed by atoms with van der Waals surface area (Å²) in [6, 6.07) is 30.0. The Bertz CT molecular complexity index is 1140. The van der Waals surface area contributed by atoms with E-state index < -0.39 is 32.7 Å². The minimum absolute atomic E-state index is 0.112. The summed E-state index contributed by atoms with van der Waals surface area (Å²) in [5, 5.41) is 4.84. The lowest BCUT2D eigenvalue weighted by atomic mass is 10.2. The highest BCUT2D eigenvalue weighted by atomic mass is 28.4. The molecule has 1 N–H and O–H groups in total. The molecular formula is C32H41NO6Si. The number of esters is 1. The fourth-order valence-electron chi connectivity index (χ4n) is 4.88. The maximum atomic E-state index is 12.6. The summed E-state index contributed by atoms with van der Waals surface area (Å²) in [5.74, 6) is -0.473. The lowest BCUT2D eigenvalue weighted by molar-refractivity contribution is -0.157. The van der Waals surface area contributed by atoms with Crippen LogP contribution in [0.25, 0.3) is 0 Å². The molecule has 2 unspecified atom stereocenters. The molecule has 0 aromatic heterocycles. The number of hydrogen-bond donors (Lipinski definition) is 1. The average Bonchev–Trinajstić information content (AvgIpc) is 2.94. The highest BCUT2D eigenvalue weighted by Crippen LogP contribution is 2.37. The smallest absolute Gasteiger partial charge is 0.409 e. The molecule has 0 fully saturated rings. The van der Waals surface area contributed by atoms with Gasteiger partial charge in [-0.25, -0.2) is 4.79 Å².